The second-order valence-electron chi connectivity index (χ2n) is 9.32. The highest BCUT2D eigenvalue weighted by atomic mass is 32.1. The molecule has 0 radical (unpaired) electrons. The third-order valence-electron chi connectivity index (χ3n) is 6.86. The van der Waals surface area contributed by atoms with Gasteiger partial charge in [0.25, 0.3) is 0 Å². The summed E-state index contributed by atoms with van der Waals surface area (Å²) in [5.41, 5.74) is 2.94. The van der Waals surface area contributed by atoms with Gasteiger partial charge in [-0.2, -0.15) is 0 Å². The lowest BCUT2D eigenvalue weighted by molar-refractivity contribution is -0.135. The van der Waals surface area contributed by atoms with Crippen LogP contribution in [0, 0.1) is 6.92 Å². The summed E-state index contributed by atoms with van der Waals surface area (Å²) < 4.78 is 11.5. The first-order valence-electron chi connectivity index (χ1n) is 12.7. The Kier molecular flexibility index (Phi) is 8.71. The first-order valence-corrected chi connectivity index (χ1v) is 13.5. The Morgan fingerprint density at radius 1 is 1.16 bits per heavy atom. The number of carbonyl (C=O) groups is 2. The van der Waals surface area contributed by atoms with Crippen molar-refractivity contribution in [1.82, 2.24) is 9.80 Å². The van der Waals surface area contributed by atoms with E-state index in [-0.39, 0.29) is 30.6 Å². The molecule has 3 aromatic rings. The van der Waals surface area contributed by atoms with Gasteiger partial charge in [0.2, 0.25) is 5.91 Å². The Hall–Kier alpha value is -3.52. The maximum absolute atomic E-state index is 13.7. The lowest BCUT2D eigenvalue weighted by Crippen LogP contribution is -2.50. The lowest BCUT2D eigenvalue weighted by Gasteiger charge is -2.38. The van der Waals surface area contributed by atoms with Crippen molar-refractivity contribution >= 4 is 29.0 Å². The Labute approximate surface area is 223 Å². The molecule has 0 saturated heterocycles. The van der Waals surface area contributed by atoms with Crippen molar-refractivity contribution in [3.05, 3.63) is 76.0 Å². The fourth-order valence-electron chi connectivity index (χ4n) is 4.46. The maximum atomic E-state index is 13.7. The van der Waals surface area contributed by atoms with Gasteiger partial charge in [-0.15, -0.1) is 11.3 Å². The molecule has 1 aromatic heterocycles. The van der Waals surface area contributed by atoms with Crippen LogP contribution in [0.25, 0.3) is 0 Å². The average Bonchev–Trinajstić information content (AvgIpc) is 3.40. The number of nitrogens with zero attached hydrogens (tertiary/aromatic N) is 2. The molecule has 1 aliphatic rings. The third-order valence-corrected chi connectivity index (χ3v) is 7.85. The SMILES string of the molecule is CC[C@@H](C)N(CC(=O)N1CCc2sccc2[C@H]1COc1cccc(OC)c1)C(=O)Nc1ccc(C)cc1. The summed E-state index contributed by atoms with van der Waals surface area (Å²) in [6.45, 7) is 6.90. The molecule has 7 nitrogen and oxygen atoms in total. The third kappa shape index (κ3) is 6.43. The first kappa shape index (κ1) is 26.5. The molecule has 8 heteroatoms. The van der Waals surface area contributed by atoms with E-state index in [0.29, 0.717) is 30.3 Å². The fourth-order valence-corrected chi connectivity index (χ4v) is 5.39. The average molecular weight is 522 g/mol. The van der Waals surface area contributed by atoms with E-state index in [4.69, 9.17) is 9.47 Å². The number of ether oxygens (including phenoxy) is 2. The van der Waals surface area contributed by atoms with Crippen LogP contribution < -0.4 is 14.8 Å². The van der Waals surface area contributed by atoms with E-state index in [1.807, 2.05) is 74.2 Å². The number of rotatable bonds is 9. The van der Waals surface area contributed by atoms with Gasteiger partial charge in [-0.25, -0.2) is 4.79 Å². The van der Waals surface area contributed by atoms with Crippen molar-refractivity contribution in [2.75, 3.05) is 32.1 Å². The van der Waals surface area contributed by atoms with E-state index >= 15 is 0 Å². The lowest BCUT2D eigenvalue weighted by atomic mass is 10.00. The van der Waals surface area contributed by atoms with Crippen LogP contribution in [-0.4, -0.2) is 54.6 Å². The van der Waals surface area contributed by atoms with Crippen LogP contribution in [0.2, 0.25) is 0 Å². The topological polar surface area (TPSA) is 71.1 Å². The predicted molar refractivity (Wildman–Crippen MR) is 148 cm³/mol. The molecule has 37 heavy (non-hydrogen) atoms. The molecule has 0 aliphatic carbocycles. The fraction of sp³-hybridized carbons (Fsp3) is 0.379. The standard InChI is InChI=1S/C29H35N3O4S/c1-5-21(3)32(29(34)30-22-11-9-20(2)10-12-22)18-28(33)31-15-13-27-25(14-16-37-27)26(31)19-36-24-8-6-7-23(17-24)35-4/h6-12,14,16-17,21,26H,5,13,15,18-19H2,1-4H3,(H,30,34)/t21-,26-/m1/s1. The number of aryl methyl sites for hydroxylation is 1. The number of anilines is 1. The zero-order chi connectivity index (χ0) is 26.4. The van der Waals surface area contributed by atoms with E-state index in [1.165, 1.54) is 4.88 Å². The number of thiophene rings is 1. The van der Waals surface area contributed by atoms with Gasteiger partial charge in [0.05, 0.1) is 13.2 Å². The Morgan fingerprint density at radius 2 is 1.92 bits per heavy atom. The zero-order valence-electron chi connectivity index (χ0n) is 21.9. The van der Waals surface area contributed by atoms with Crippen LogP contribution in [0.15, 0.2) is 60.0 Å². The summed E-state index contributed by atoms with van der Waals surface area (Å²) in [6.07, 6.45) is 1.54. The molecule has 0 unspecified atom stereocenters. The van der Waals surface area contributed by atoms with E-state index in [2.05, 4.69) is 16.8 Å². The summed E-state index contributed by atoms with van der Waals surface area (Å²) in [6, 6.07) is 16.6. The minimum Gasteiger partial charge on any atom is -0.497 e. The van der Waals surface area contributed by atoms with E-state index in [1.54, 1.807) is 23.3 Å². The summed E-state index contributed by atoms with van der Waals surface area (Å²) in [5.74, 6) is 1.32. The van der Waals surface area contributed by atoms with Gasteiger partial charge in [0.1, 0.15) is 24.7 Å². The molecule has 2 atom stereocenters. The minimum atomic E-state index is -0.274. The van der Waals surface area contributed by atoms with Crippen molar-refractivity contribution < 1.29 is 19.1 Å². The molecular weight excluding hydrogens is 486 g/mol. The second kappa shape index (κ2) is 12.1. The molecule has 2 heterocycles. The van der Waals surface area contributed by atoms with E-state index < -0.39 is 0 Å². The molecule has 0 bridgehead atoms. The Bertz CT molecular complexity index is 1210. The van der Waals surface area contributed by atoms with Crippen LogP contribution in [0.4, 0.5) is 10.5 Å². The second-order valence-corrected chi connectivity index (χ2v) is 10.3. The van der Waals surface area contributed by atoms with Crippen molar-refractivity contribution in [1.29, 1.82) is 0 Å². The Balaban J connectivity index is 1.50. The van der Waals surface area contributed by atoms with Crippen LogP contribution >= 0.6 is 11.3 Å². The molecule has 2 aromatic carbocycles. The van der Waals surface area contributed by atoms with Gasteiger partial charge in [-0.1, -0.05) is 30.7 Å². The number of hydrogen-bond donors (Lipinski definition) is 1. The van der Waals surface area contributed by atoms with Gasteiger partial charge in [-0.05, 0) is 68.0 Å². The molecule has 196 valence electrons. The molecular formula is C29H35N3O4S. The monoisotopic (exact) mass is 521 g/mol. The molecule has 0 fully saturated rings. The normalized spacial score (nSPS) is 15.5. The molecule has 4 rings (SSSR count). The molecule has 0 saturated carbocycles. The first-order chi connectivity index (χ1) is 17.9. The number of hydrogen-bond acceptors (Lipinski definition) is 5. The number of fused-ring (bicyclic) bond motifs is 1. The summed E-state index contributed by atoms with van der Waals surface area (Å²) in [5, 5.41) is 5.02. The number of nitrogens with one attached hydrogen (secondary N) is 1. The van der Waals surface area contributed by atoms with Gasteiger partial charge in [0.15, 0.2) is 0 Å². The summed E-state index contributed by atoms with van der Waals surface area (Å²) in [4.78, 5) is 31.7. The number of amides is 3. The maximum Gasteiger partial charge on any atom is 0.322 e. The Morgan fingerprint density at radius 3 is 2.65 bits per heavy atom. The number of benzene rings is 2. The highest BCUT2D eigenvalue weighted by Crippen LogP contribution is 2.34. The van der Waals surface area contributed by atoms with Gasteiger partial charge in [0, 0.05) is 29.2 Å². The van der Waals surface area contributed by atoms with Gasteiger partial charge < -0.3 is 24.6 Å². The van der Waals surface area contributed by atoms with Gasteiger partial charge in [-0.3, -0.25) is 4.79 Å². The smallest absolute Gasteiger partial charge is 0.322 e. The quantitative estimate of drug-likeness (QED) is 0.380. The van der Waals surface area contributed by atoms with Crippen molar-refractivity contribution in [2.24, 2.45) is 0 Å². The molecule has 3 amide bonds. The summed E-state index contributed by atoms with van der Waals surface area (Å²) in [7, 11) is 1.62. The van der Waals surface area contributed by atoms with Crippen LogP contribution in [-0.2, 0) is 11.2 Å². The minimum absolute atomic E-state index is 0.00182. The van der Waals surface area contributed by atoms with Crippen molar-refractivity contribution in [3.8, 4) is 11.5 Å². The largest absolute Gasteiger partial charge is 0.497 e. The predicted octanol–water partition coefficient (Wildman–Crippen LogP) is 5.90. The van der Waals surface area contributed by atoms with Crippen LogP contribution in [0.5, 0.6) is 11.5 Å². The van der Waals surface area contributed by atoms with Crippen LogP contribution in [0.3, 0.4) is 0 Å². The molecule has 1 N–H and O–H groups in total. The summed E-state index contributed by atoms with van der Waals surface area (Å²) >= 11 is 1.71. The van der Waals surface area contributed by atoms with Crippen LogP contribution in [0.1, 0.15) is 42.3 Å². The zero-order valence-corrected chi connectivity index (χ0v) is 22.7. The van der Waals surface area contributed by atoms with E-state index in [9.17, 15) is 9.59 Å². The highest BCUT2D eigenvalue weighted by Gasteiger charge is 2.34. The molecule has 1 aliphatic heterocycles. The van der Waals surface area contributed by atoms with Crippen molar-refractivity contribution in [2.45, 2.75) is 45.7 Å². The van der Waals surface area contributed by atoms with Gasteiger partial charge >= 0.3 is 6.03 Å². The number of carbonyl (C=O) groups excluding carboxylic acids is 2. The van der Waals surface area contributed by atoms with Crippen molar-refractivity contribution in [3.63, 3.8) is 0 Å². The number of methoxy groups -OCH3 is 1. The van der Waals surface area contributed by atoms with E-state index in [0.717, 1.165) is 24.0 Å². The highest BCUT2D eigenvalue weighted by molar-refractivity contribution is 7.10. The molecule has 0 spiro atoms. The number of urea groups is 1.